The molecule has 0 aliphatic carbocycles. The summed E-state index contributed by atoms with van der Waals surface area (Å²) in [5.41, 5.74) is 1.71. The van der Waals surface area contributed by atoms with E-state index >= 15 is 0 Å². The van der Waals surface area contributed by atoms with Gasteiger partial charge in [0.25, 0.3) is 0 Å². The molecule has 0 aliphatic rings. The maximum Gasteiger partial charge on any atom is 0.243 e. The molecule has 1 amide bonds. The van der Waals surface area contributed by atoms with Crippen LogP contribution in [0.4, 0.5) is 0 Å². The molecular weight excluding hydrogens is 282 g/mol. The number of carbonyl (C=O) groups excluding carboxylic acids is 1. The predicted octanol–water partition coefficient (Wildman–Crippen LogP) is 3.44. The van der Waals surface area contributed by atoms with Gasteiger partial charge >= 0.3 is 0 Å². The zero-order valence-electron chi connectivity index (χ0n) is 11.0. The fourth-order valence-corrected chi connectivity index (χ4v) is 2.53. The summed E-state index contributed by atoms with van der Waals surface area (Å²) in [4.78, 5) is 15.2. The van der Waals surface area contributed by atoms with Gasteiger partial charge in [-0.15, -0.1) is 0 Å². The Hall–Kier alpha value is -1.33. The minimum Gasteiger partial charge on any atom is -0.352 e. The largest absolute Gasteiger partial charge is 0.352 e. The number of nitrogens with zero attached hydrogens (tertiary/aromatic N) is 1. The van der Waals surface area contributed by atoms with Crippen molar-refractivity contribution in [1.29, 1.82) is 0 Å². The molecule has 1 atom stereocenters. The number of H-pyrrole nitrogens is 1. The van der Waals surface area contributed by atoms with Crippen molar-refractivity contribution in [2.45, 2.75) is 32.9 Å². The Morgan fingerprint density at radius 3 is 2.74 bits per heavy atom. The van der Waals surface area contributed by atoms with Crippen LogP contribution in [0.1, 0.15) is 26.8 Å². The molecule has 4 nitrogen and oxygen atoms in total. The number of hydrogen-bond donors (Lipinski definition) is 2. The van der Waals surface area contributed by atoms with E-state index in [9.17, 15) is 4.79 Å². The average Bonchev–Trinajstić information content (AvgIpc) is 2.62. The van der Waals surface area contributed by atoms with Gasteiger partial charge in [-0.05, 0) is 51.2 Å². The third kappa shape index (κ3) is 2.82. The third-order valence-electron chi connectivity index (χ3n) is 2.88. The van der Waals surface area contributed by atoms with Crippen LogP contribution in [-0.2, 0) is 4.79 Å². The van der Waals surface area contributed by atoms with Gasteiger partial charge in [0.1, 0.15) is 6.04 Å². The fraction of sp³-hybridized carbons (Fsp3) is 0.385. The van der Waals surface area contributed by atoms with Gasteiger partial charge in [-0.25, -0.2) is 0 Å². The normalized spacial score (nSPS) is 12.9. The van der Waals surface area contributed by atoms with Gasteiger partial charge in [0.05, 0.1) is 11.0 Å². The van der Waals surface area contributed by atoms with Crippen LogP contribution < -0.4 is 5.32 Å². The Morgan fingerprint density at radius 1 is 1.42 bits per heavy atom. The van der Waals surface area contributed by atoms with Crippen molar-refractivity contribution >= 4 is 40.8 Å². The van der Waals surface area contributed by atoms with E-state index in [0.717, 1.165) is 11.0 Å². The topological polar surface area (TPSA) is 49.8 Å². The Labute approximate surface area is 121 Å². The molecule has 2 N–H and O–H groups in total. The SMILES string of the molecule is CC(C)NC(=O)C(C)n1c(=S)[nH]c2ccc(Cl)cc21. The highest BCUT2D eigenvalue weighted by Gasteiger charge is 2.19. The first kappa shape index (κ1) is 14.1. The van der Waals surface area contributed by atoms with E-state index in [4.69, 9.17) is 23.8 Å². The molecule has 6 heteroatoms. The first-order chi connectivity index (χ1) is 8.90. The third-order valence-corrected chi connectivity index (χ3v) is 3.41. The molecule has 19 heavy (non-hydrogen) atoms. The van der Waals surface area contributed by atoms with Crippen LogP contribution in [0.15, 0.2) is 18.2 Å². The number of rotatable bonds is 3. The van der Waals surface area contributed by atoms with Crippen molar-refractivity contribution in [3.05, 3.63) is 28.0 Å². The molecule has 1 aromatic carbocycles. The van der Waals surface area contributed by atoms with Crippen LogP contribution in [0, 0.1) is 4.77 Å². The number of amides is 1. The number of hydrogen-bond acceptors (Lipinski definition) is 2. The van der Waals surface area contributed by atoms with E-state index < -0.39 is 0 Å². The molecule has 1 unspecified atom stereocenters. The van der Waals surface area contributed by atoms with Crippen molar-refractivity contribution in [3.8, 4) is 0 Å². The van der Waals surface area contributed by atoms with Crippen LogP contribution in [-0.4, -0.2) is 21.5 Å². The van der Waals surface area contributed by atoms with E-state index in [2.05, 4.69) is 10.3 Å². The summed E-state index contributed by atoms with van der Waals surface area (Å²) in [5, 5.41) is 3.50. The summed E-state index contributed by atoms with van der Waals surface area (Å²) >= 11 is 11.3. The second kappa shape index (κ2) is 5.35. The van der Waals surface area contributed by atoms with Crippen LogP contribution in [0.2, 0.25) is 5.02 Å². The van der Waals surface area contributed by atoms with Crippen molar-refractivity contribution in [1.82, 2.24) is 14.9 Å². The van der Waals surface area contributed by atoms with Gasteiger partial charge in [0.15, 0.2) is 4.77 Å². The Bertz CT molecular complexity index is 674. The minimum absolute atomic E-state index is 0.0630. The molecular formula is C13H16ClN3OS. The Kier molecular flexibility index (Phi) is 3.96. The molecule has 0 bridgehead atoms. The van der Waals surface area contributed by atoms with E-state index in [1.54, 1.807) is 10.6 Å². The number of benzene rings is 1. The van der Waals surface area contributed by atoms with Crippen molar-refractivity contribution in [3.63, 3.8) is 0 Å². The summed E-state index contributed by atoms with van der Waals surface area (Å²) in [7, 11) is 0. The molecule has 0 saturated carbocycles. The zero-order chi connectivity index (χ0) is 14.2. The lowest BCUT2D eigenvalue weighted by Gasteiger charge is -2.16. The molecule has 2 rings (SSSR count). The lowest BCUT2D eigenvalue weighted by Crippen LogP contribution is -2.35. The smallest absolute Gasteiger partial charge is 0.243 e. The van der Waals surface area contributed by atoms with Crippen LogP contribution >= 0.6 is 23.8 Å². The summed E-state index contributed by atoms with van der Waals surface area (Å²) < 4.78 is 2.30. The molecule has 1 aromatic heterocycles. The van der Waals surface area contributed by atoms with Gasteiger partial charge in [-0.2, -0.15) is 0 Å². The maximum atomic E-state index is 12.1. The van der Waals surface area contributed by atoms with Crippen LogP contribution in [0.25, 0.3) is 11.0 Å². The Morgan fingerprint density at radius 2 is 2.11 bits per heavy atom. The van der Waals surface area contributed by atoms with Crippen molar-refractivity contribution < 1.29 is 4.79 Å². The van der Waals surface area contributed by atoms with Gasteiger partial charge in [-0.3, -0.25) is 4.79 Å². The molecule has 0 spiro atoms. The molecule has 1 heterocycles. The average molecular weight is 298 g/mol. The molecule has 102 valence electrons. The maximum absolute atomic E-state index is 12.1. The fourth-order valence-electron chi connectivity index (χ4n) is 2.00. The van der Waals surface area contributed by atoms with Gasteiger partial charge in [0.2, 0.25) is 5.91 Å². The first-order valence-corrected chi connectivity index (χ1v) is 6.89. The second-order valence-corrected chi connectivity index (χ2v) is 5.62. The van der Waals surface area contributed by atoms with E-state index in [0.29, 0.717) is 9.79 Å². The number of imidazole rings is 1. The highest BCUT2D eigenvalue weighted by molar-refractivity contribution is 7.71. The molecule has 0 aliphatic heterocycles. The van der Waals surface area contributed by atoms with Crippen LogP contribution in [0.5, 0.6) is 0 Å². The van der Waals surface area contributed by atoms with E-state index in [1.807, 2.05) is 32.9 Å². The first-order valence-electron chi connectivity index (χ1n) is 6.10. The number of nitrogens with one attached hydrogen (secondary N) is 2. The predicted molar refractivity (Wildman–Crippen MR) is 80.1 cm³/mol. The molecule has 0 radical (unpaired) electrons. The lowest BCUT2D eigenvalue weighted by molar-refractivity contribution is -0.124. The quantitative estimate of drug-likeness (QED) is 0.853. The number of carbonyl (C=O) groups is 1. The number of fused-ring (bicyclic) bond motifs is 1. The van der Waals surface area contributed by atoms with Gasteiger partial charge in [0, 0.05) is 11.1 Å². The van der Waals surface area contributed by atoms with Gasteiger partial charge < -0.3 is 14.9 Å². The second-order valence-electron chi connectivity index (χ2n) is 4.80. The Balaban J connectivity index is 2.49. The summed E-state index contributed by atoms with van der Waals surface area (Å²) in [5.74, 6) is -0.0630. The summed E-state index contributed by atoms with van der Waals surface area (Å²) in [6.45, 7) is 5.67. The van der Waals surface area contributed by atoms with E-state index in [-0.39, 0.29) is 18.0 Å². The number of aromatic amines is 1. The van der Waals surface area contributed by atoms with Crippen molar-refractivity contribution in [2.75, 3.05) is 0 Å². The monoisotopic (exact) mass is 297 g/mol. The van der Waals surface area contributed by atoms with Crippen molar-refractivity contribution in [2.24, 2.45) is 0 Å². The molecule has 2 aromatic rings. The number of aromatic nitrogens is 2. The molecule has 0 saturated heterocycles. The number of halogens is 1. The van der Waals surface area contributed by atoms with E-state index in [1.165, 1.54) is 0 Å². The van der Waals surface area contributed by atoms with Gasteiger partial charge in [-0.1, -0.05) is 11.6 Å². The summed E-state index contributed by atoms with van der Waals surface area (Å²) in [6.07, 6.45) is 0. The lowest BCUT2D eigenvalue weighted by atomic mass is 10.2. The zero-order valence-corrected chi connectivity index (χ0v) is 12.6. The molecule has 0 fully saturated rings. The standard InChI is InChI=1S/C13H16ClN3OS/c1-7(2)15-12(18)8(3)17-11-6-9(14)4-5-10(11)16-13(17)19/h4-8H,1-3H3,(H,15,18)(H,16,19). The van der Waals surface area contributed by atoms with Crippen LogP contribution in [0.3, 0.4) is 0 Å². The minimum atomic E-state index is -0.387. The summed E-state index contributed by atoms with van der Waals surface area (Å²) in [6, 6.07) is 5.16. The highest BCUT2D eigenvalue weighted by atomic mass is 35.5. The highest BCUT2D eigenvalue weighted by Crippen LogP contribution is 2.22.